The van der Waals surface area contributed by atoms with Crippen LogP contribution in [-0.2, 0) is 4.79 Å². The van der Waals surface area contributed by atoms with E-state index in [0.29, 0.717) is 5.56 Å². The van der Waals surface area contributed by atoms with Crippen LogP contribution in [0.2, 0.25) is 0 Å². The summed E-state index contributed by atoms with van der Waals surface area (Å²) in [4.78, 5) is 20.2. The third-order valence-corrected chi connectivity index (χ3v) is 1.85. The fraction of sp³-hybridized carbons (Fsp3) is 0.100. The van der Waals surface area contributed by atoms with Crippen LogP contribution in [0.25, 0.3) is 6.08 Å². The molecule has 0 heterocycles. The minimum Gasteiger partial charge on any atom is -0.481 e. The molecule has 0 spiro atoms. The Morgan fingerprint density at radius 1 is 1.56 bits per heavy atom. The summed E-state index contributed by atoms with van der Waals surface area (Å²) in [6.45, 7) is 0. The summed E-state index contributed by atoms with van der Waals surface area (Å²) in [6.07, 6.45) is 2.79. The van der Waals surface area contributed by atoms with E-state index in [0.717, 1.165) is 0 Å². The van der Waals surface area contributed by atoms with Crippen molar-refractivity contribution in [3.8, 4) is 0 Å². The third kappa shape index (κ3) is 3.09. The molecule has 84 valence electrons. The predicted molar refractivity (Wildman–Crippen MR) is 58.8 cm³/mol. The number of carbonyl (C=O) groups is 1. The van der Waals surface area contributed by atoms with Crippen LogP contribution in [0.5, 0.6) is 0 Å². The van der Waals surface area contributed by atoms with Crippen molar-refractivity contribution >= 4 is 23.4 Å². The number of hydrogen-bond acceptors (Lipinski definition) is 4. The van der Waals surface area contributed by atoms with Gasteiger partial charge in [0.2, 0.25) is 0 Å². The Balaban J connectivity index is 2.91. The molecule has 0 aliphatic heterocycles. The van der Waals surface area contributed by atoms with Crippen LogP contribution in [0.4, 0.5) is 11.4 Å². The molecule has 1 aromatic rings. The molecule has 0 aliphatic carbocycles. The van der Waals surface area contributed by atoms with E-state index in [1.54, 1.807) is 6.07 Å². The number of nitrogens with two attached hydrogens (primary N) is 1. The summed E-state index contributed by atoms with van der Waals surface area (Å²) in [5.74, 6) is -0.957. The lowest BCUT2D eigenvalue weighted by molar-refractivity contribution is -0.383. The summed E-state index contributed by atoms with van der Waals surface area (Å²) >= 11 is 0. The van der Waals surface area contributed by atoms with Crippen LogP contribution < -0.4 is 5.73 Å². The Morgan fingerprint density at radius 3 is 2.81 bits per heavy atom. The molecule has 0 saturated carbocycles. The molecule has 0 aliphatic rings. The molecule has 0 aromatic heterocycles. The van der Waals surface area contributed by atoms with Gasteiger partial charge in [-0.1, -0.05) is 18.2 Å². The highest BCUT2D eigenvalue weighted by Crippen LogP contribution is 2.22. The van der Waals surface area contributed by atoms with Crippen molar-refractivity contribution < 1.29 is 14.8 Å². The summed E-state index contributed by atoms with van der Waals surface area (Å²) in [6, 6.07) is 4.30. The lowest BCUT2D eigenvalue weighted by atomic mass is 10.1. The normalized spacial score (nSPS) is 10.5. The van der Waals surface area contributed by atoms with Gasteiger partial charge in [-0.25, -0.2) is 0 Å². The van der Waals surface area contributed by atoms with E-state index < -0.39 is 10.9 Å². The van der Waals surface area contributed by atoms with Crippen LogP contribution in [0.3, 0.4) is 0 Å². The fourth-order valence-electron chi connectivity index (χ4n) is 1.12. The molecule has 0 radical (unpaired) electrons. The molecule has 16 heavy (non-hydrogen) atoms. The van der Waals surface area contributed by atoms with Gasteiger partial charge >= 0.3 is 5.97 Å². The van der Waals surface area contributed by atoms with E-state index in [-0.39, 0.29) is 17.8 Å². The van der Waals surface area contributed by atoms with Crippen molar-refractivity contribution in [1.29, 1.82) is 0 Å². The maximum Gasteiger partial charge on any atom is 0.307 e. The van der Waals surface area contributed by atoms with Crippen molar-refractivity contribution in [3.05, 3.63) is 40.0 Å². The molecule has 0 bridgehead atoms. The van der Waals surface area contributed by atoms with E-state index >= 15 is 0 Å². The molecule has 0 fully saturated rings. The molecule has 1 aromatic carbocycles. The number of nitrogen functional groups attached to an aromatic ring is 1. The minimum atomic E-state index is -0.957. The molecule has 0 atom stereocenters. The quantitative estimate of drug-likeness (QED) is 0.457. The third-order valence-electron chi connectivity index (χ3n) is 1.85. The molecule has 0 unspecified atom stereocenters. The van der Waals surface area contributed by atoms with Gasteiger partial charge in [-0.05, 0) is 11.6 Å². The number of hydrogen-bond donors (Lipinski definition) is 2. The molecular formula is C10H10N2O4. The highest BCUT2D eigenvalue weighted by Gasteiger charge is 2.10. The lowest BCUT2D eigenvalue weighted by Gasteiger charge is -1.98. The van der Waals surface area contributed by atoms with Crippen molar-refractivity contribution in [2.24, 2.45) is 0 Å². The zero-order chi connectivity index (χ0) is 12.1. The van der Waals surface area contributed by atoms with Crippen molar-refractivity contribution in [3.63, 3.8) is 0 Å². The summed E-state index contributed by atoms with van der Waals surface area (Å²) in [5.41, 5.74) is 5.85. The summed E-state index contributed by atoms with van der Waals surface area (Å²) in [5, 5.41) is 19.0. The zero-order valence-electron chi connectivity index (χ0n) is 8.29. The van der Waals surface area contributed by atoms with E-state index in [2.05, 4.69) is 0 Å². The first-order valence-corrected chi connectivity index (χ1v) is 4.43. The number of carboxylic acids is 1. The minimum absolute atomic E-state index is 0.0837. The summed E-state index contributed by atoms with van der Waals surface area (Å²) in [7, 11) is 0. The van der Waals surface area contributed by atoms with E-state index in [9.17, 15) is 14.9 Å². The van der Waals surface area contributed by atoms with Gasteiger partial charge in [0, 0.05) is 6.07 Å². The SMILES string of the molecule is Nc1ccc(C=CCC(=O)O)cc1[N+](=O)[O-]. The first kappa shape index (κ1) is 11.7. The van der Waals surface area contributed by atoms with Gasteiger partial charge in [0.1, 0.15) is 5.69 Å². The van der Waals surface area contributed by atoms with Crippen LogP contribution in [0.1, 0.15) is 12.0 Å². The number of nitrogens with zero attached hydrogens (tertiary/aromatic N) is 1. The predicted octanol–water partition coefficient (Wildman–Crippen LogP) is 1.66. The average Bonchev–Trinajstić information content (AvgIpc) is 2.19. The molecule has 0 saturated heterocycles. The maximum absolute atomic E-state index is 10.6. The van der Waals surface area contributed by atoms with Crippen LogP contribution in [0, 0.1) is 10.1 Å². The van der Waals surface area contributed by atoms with Crippen LogP contribution >= 0.6 is 0 Å². The average molecular weight is 222 g/mol. The van der Waals surface area contributed by atoms with Gasteiger partial charge in [0.25, 0.3) is 5.69 Å². The number of anilines is 1. The lowest BCUT2D eigenvalue weighted by Crippen LogP contribution is -1.95. The van der Waals surface area contributed by atoms with Gasteiger partial charge in [-0.2, -0.15) is 0 Å². The van der Waals surface area contributed by atoms with E-state index in [1.807, 2.05) is 0 Å². The molecular weight excluding hydrogens is 212 g/mol. The van der Waals surface area contributed by atoms with E-state index in [1.165, 1.54) is 24.3 Å². The molecule has 1 rings (SSSR count). The Bertz CT molecular complexity index is 454. The molecule has 0 amide bonds. The maximum atomic E-state index is 10.6. The molecule has 3 N–H and O–H groups in total. The van der Waals surface area contributed by atoms with E-state index in [4.69, 9.17) is 10.8 Å². The van der Waals surface area contributed by atoms with Crippen molar-refractivity contribution in [1.82, 2.24) is 0 Å². The first-order valence-electron chi connectivity index (χ1n) is 4.43. The first-order chi connectivity index (χ1) is 7.50. The van der Waals surface area contributed by atoms with Crippen molar-refractivity contribution in [2.75, 3.05) is 5.73 Å². The van der Waals surface area contributed by atoms with Crippen LogP contribution in [0.15, 0.2) is 24.3 Å². The number of rotatable bonds is 4. The largest absolute Gasteiger partial charge is 0.481 e. The topological polar surface area (TPSA) is 106 Å². The highest BCUT2D eigenvalue weighted by molar-refractivity contribution is 5.71. The Morgan fingerprint density at radius 2 is 2.25 bits per heavy atom. The van der Waals surface area contributed by atoms with Gasteiger partial charge in [-0.15, -0.1) is 0 Å². The Hall–Kier alpha value is -2.37. The molecule has 6 nitrogen and oxygen atoms in total. The van der Waals surface area contributed by atoms with Crippen molar-refractivity contribution in [2.45, 2.75) is 6.42 Å². The zero-order valence-corrected chi connectivity index (χ0v) is 8.29. The summed E-state index contributed by atoms with van der Waals surface area (Å²) < 4.78 is 0. The fourth-order valence-corrected chi connectivity index (χ4v) is 1.12. The number of nitro groups is 1. The van der Waals surface area contributed by atoms with Gasteiger partial charge in [0.15, 0.2) is 0 Å². The number of aliphatic carboxylic acids is 1. The second kappa shape index (κ2) is 4.92. The number of nitro benzene ring substituents is 1. The Labute approximate surface area is 91.2 Å². The monoisotopic (exact) mass is 222 g/mol. The Kier molecular flexibility index (Phi) is 3.60. The number of carboxylic acid groups (broad SMARTS) is 1. The van der Waals surface area contributed by atoms with Gasteiger partial charge in [0.05, 0.1) is 11.3 Å². The van der Waals surface area contributed by atoms with Gasteiger partial charge in [-0.3, -0.25) is 14.9 Å². The number of benzene rings is 1. The highest BCUT2D eigenvalue weighted by atomic mass is 16.6. The standard InChI is InChI=1S/C10H10N2O4/c11-8-5-4-7(2-1-3-10(13)14)6-9(8)12(15)16/h1-2,4-6H,3,11H2,(H,13,14). The van der Waals surface area contributed by atoms with Gasteiger partial charge < -0.3 is 10.8 Å². The second-order valence-electron chi connectivity index (χ2n) is 3.08. The molecule has 6 heteroatoms. The van der Waals surface area contributed by atoms with Crippen LogP contribution in [-0.4, -0.2) is 16.0 Å². The second-order valence-corrected chi connectivity index (χ2v) is 3.08. The smallest absolute Gasteiger partial charge is 0.307 e.